The molecule has 0 saturated carbocycles. The highest BCUT2D eigenvalue weighted by Crippen LogP contribution is 2.38. The Kier molecular flexibility index (Phi) is 8.74. The number of halogens is 2. The number of aliphatic carboxylic acids is 1. The summed E-state index contributed by atoms with van der Waals surface area (Å²) in [6.07, 6.45) is 4.85. The lowest BCUT2D eigenvalue weighted by atomic mass is 9.87. The molecule has 1 aromatic heterocycles. The zero-order chi connectivity index (χ0) is 27.5. The van der Waals surface area contributed by atoms with Gasteiger partial charge in [0.1, 0.15) is 17.7 Å². The van der Waals surface area contributed by atoms with Crippen LogP contribution in [0.15, 0.2) is 54.7 Å². The van der Waals surface area contributed by atoms with Crippen LogP contribution in [0.1, 0.15) is 59.5 Å². The molecule has 5 rings (SSSR count). The highest BCUT2D eigenvalue weighted by Gasteiger charge is 2.41. The van der Waals surface area contributed by atoms with Gasteiger partial charge >= 0.3 is 5.97 Å². The molecule has 2 aromatic carbocycles. The van der Waals surface area contributed by atoms with Crippen molar-refractivity contribution in [3.8, 4) is 0 Å². The number of thiazole rings is 1. The molecule has 2 fully saturated rings. The van der Waals surface area contributed by atoms with Crippen molar-refractivity contribution >= 4 is 17.3 Å². The summed E-state index contributed by atoms with van der Waals surface area (Å²) in [5.41, 5.74) is 2.02. The summed E-state index contributed by atoms with van der Waals surface area (Å²) in [5, 5.41) is 11.0. The highest BCUT2D eigenvalue weighted by molar-refractivity contribution is 7.11. The van der Waals surface area contributed by atoms with E-state index in [2.05, 4.69) is 14.8 Å². The highest BCUT2D eigenvalue weighted by atomic mass is 32.1. The van der Waals surface area contributed by atoms with Gasteiger partial charge in [-0.25, -0.2) is 13.8 Å². The van der Waals surface area contributed by atoms with Crippen molar-refractivity contribution in [2.75, 3.05) is 32.7 Å². The van der Waals surface area contributed by atoms with Gasteiger partial charge in [0.25, 0.3) is 0 Å². The summed E-state index contributed by atoms with van der Waals surface area (Å²) in [7, 11) is 0. The van der Waals surface area contributed by atoms with Gasteiger partial charge in [0.15, 0.2) is 0 Å². The minimum Gasteiger partial charge on any atom is -0.480 e. The molecule has 0 radical (unpaired) electrons. The van der Waals surface area contributed by atoms with Crippen LogP contribution in [0.25, 0.3) is 0 Å². The Labute approximate surface area is 233 Å². The number of hydrogen-bond donors (Lipinski definition) is 1. The van der Waals surface area contributed by atoms with Gasteiger partial charge in [-0.2, -0.15) is 0 Å². The van der Waals surface area contributed by atoms with Crippen molar-refractivity contribution < 1.29 is 18.7 Å². The van der Waals surface area contributed by atoms with E-state index in [1.54, 1.807) is 23.5 Å². The van der Waals surface area contributed by atoms with Gasteiger partial charge in [0.05, 0.1) is 5.01 Å². The molecule has 39 heavy (non-hydrogen) atoms. The fraction of sp³-hybridized carbons (Fsp3) is 0.484. The molecule has 2 saturated heterocycles. The Hall–Kier alpha value is -2.68. The third kappa shape index (κ3) is 6.73. The van der Waals surface area contributed by atoms with E-state index < -0.39 is 12.0 Å². The summed E-state index contributed by atoms with van der Waals surface area (Å²) >= 11 is 1.76. The molecule has 3 aromatic rings. The van der Waals surface area contributed by atoms with Crippen molar-refractivity contribution in [1.29, 1.82) is 0 Å². The van der Waals surface area contributed by atoms with Crippen LogP contribution in [-0.4, -0.2) is 64.6 Å². The number of likely N-dealkylation sites (tertiary alicyclic amines) is 2. The number of rotatable bonds is 9. The average Bonchev–Trinajstić information content (AvgIpc) is 3.53. The normalized spacial score (nSPS) is 22.0. The quantitative estimate of drug-likeness (QED) is 0.351. The minimum absolute atomic E-state index is 0.00231. The van der Waals surface area contributed by atoms with Crippen LogP contribution in [0.2, 0.25) is 0 Å². The Morgan fingerprint density at radius 2 is 1.82 bits per heavy atom. The monoisotopic (exact) mass is 553 g/mol. The Balaban J connectivity index is 1.22. The van der Waals surface area contributed by atoms with Gasteiger partial charge < -0.3 is 10.0 Å². The predicted molar refractivity (Wildman–Crippen MR) is 150 cm³/mol. The van der Waals surface area contributed by atoms with Gasteiger partial charge in [-0.15, -0.1) is 11.3 Å². The van der Waals surface area contributed by atoms with Crippen LogP contribution in [0.5, 0.6) is 0 Å². The van der Waals surface area contributed by atoms with Crippen LogP contribution in [0.3, 0.4) is 0 Å². The number of benzene rings is 2. The minimum atomic E-state index is -0.784. The first-order valence-electron chi connectivity index (χ1n) is 13.9. The summed E-state index contributed by atoms with van der Waals surface area (Å²) in [5.74, 6) is -0.418. The number of carboxylic acids is 1. The average molecular weight is 554 g/mol. The number of carbonyl (C=O) groups is 1. The predicted octanol–water partition coefficient (Wildman–Crippen LogP) is 6.02. The molecule has 0 spiro atoms. The maximum absolute atomic E-state index is 14.1. The second-order valence-corrected chi connectivity index (χ2v) is 12.6. The standard InChI is InChI=1S/C31H37F2N3O2S/c1-20(2)30(31(37)38)36-18-24(27(19-36)23-4-3-5-26(33)15-23)17-35-12-10-22(11-13-35)28-16-34-29(39-28)14-21-6-8-25(32)9-7-21/h3-9,15-16,20,22,24,27,30H,10-14,17-19H2,1-2H3,(H,37,38)/t24-,27?,30?/m0/s1. The molecule has 208 valence electrons. The first kappa shape index (κ1) is 27.9. The molecule has 0 bridgehead atoms. The van der Waals surface area contributed by atoms with Crippen molar-refractivity contribution in [3.63, 3.8) is 0 Å². The van der Waals surface area contributed by atoms with Crippen molar-refractivity contribution in [2.24, 2.45) is 11.8 Å². The molecule has 3 heterocycles. The van der Waals surface area contributed by atoms with E-state index in [1.807, 2.05) is 38.2 Å². The van der Waals surface area contributed by atoms with E-state index in [1.165, 1.54) is 23.1 Å². The molecule has 0 aliphatic carbocycles. The van der Waals surface area contributed by atoms with E-state index >= 15 is 0 Å². The summed E-state index contributed by atoms with van der Waals surface area (Å²) in [6.45, 7) is 8.10. The van der Waals surface area contributed by atoms with E-state index in [-0.39, 0.29) is 29.4 Å². The summed E-state index contributed by atoms with van der Waals surface area (Å²) in [6, 6.07) is 12.9. The maximum Gasteiger partial charge on any atom is 0.321 e. The molecular formula is C31H37F2N3O2S. The van der Waals surface area contributed by atoms with Gasteiger partial charge in [-0.05, 0) is 79.1 Å². The fourth-order valence-corrected chi connectivity index (χ4v) is 7.52. The lowest BCUT2D eigenvalue weighted by Crippen LogP contribution is -2.44. The van der Waals surface area contributed by atoms with Crippen molar-refractivity contribution in [3.05, 3.63) is 87.4 Å². The second kappa shape index (κ2) is 12.2. The molecule has 2 unspecified atom stereocenters. The first-order chi connectivity index (χ1) is 18.8. The number of aromatic nitrogens is 1. The van der Waals surface area contributed by atoms with E-state index in [9.17, 15) is 18.7 Å². The molecular weight excluding hydrogens is 516 g/mol. The maximum atomic E-state index is 14.1. The van der Waals surface area contributed by atoms with E-state index in [4.69, 9.17) is 0 Å². The van der Waals surface area contributed by atoms with E-state index in [0.717, 1.165) is 55.0 Å². The summed E-state index contributed by atoms with van der Waals surface area (Å²) < 4.78 is 27.3. The molecule has 2 aliphatic rings. The molecule has 2 aliphatic heterocycles. The fourth-order valence-electron chi connectivity index (χ4n) is 6.40. The molecule has 8 heteroatoms. The van der Waals surface area contributed by atoms with Crippen molar-refractivity contribution in [2.45, 2.75) is 51.0 Å². The van der Waals surface area contributed by atoms with Crippen LogP contribution < -0.4 is 0 Å². The third-order valence-electron chi connectivity index (χ3n) is 8.35. The van der Waals surface area contributed by atoms with Gasteiger partial charge in [0.2, 0.25) is 0 Å². The van der Waals surface area contributed by atoms with Gasteiger partial charge in [-0.3, -0.25) is 9.69 Å². The lowest BCUT2D eigenvalue weighted by Gasteiger charge is -2.34. The third-order valence-corrected chi connectivity index (χ3v) is 9.51. The Bertz CT molecular complexity index is 1260. The first-order valence-corrected chi connectivity index (χ1v) is 14.7. The molecule has 5 nitrogen and oxygen atoms in total. The number of piperidine rings is 1. The Morgan fingerprint density at radius 3 is 2.49 bits per heavy atom. The van der Waals surface area contributed by atoms with E-state index in [0.29, 0.717) is 19.0 Å². The van der Waals surface area contributed by atoms with Crippen LogP contribution in [0, 0.1) is 23.5 Å². The topological polar surface area (TPSA) is 56.7 Å². The van der Waals surface area contributed by atoms with Crippen molar-refractivity contribution in [1.82, 2.24) is 14.8 Å². The summed E-state index contributed by atoms with van der Waals surface area (Å²) in [4.78, 5) is 22.6. The van der Waals surface area contributed by atoms with Crippen LogP contribution in [-0.2, 0) is 11.2 Å². The van der Waals surface area contributed by atoms with Gasteiger partial charge in [-0.1, -0.05) is 38.1 Å². The molecule has 1 N–H and O–H groups in total. The molecule has 0 amide bonds. The zero-order valence-electron chi connectivity index (χ0n) is 22.6. The number of nitrogens with zero attached hydrogens (tertiary/aromatic N) is 3. The Morgan fingerprint density at radius 1 is 1.08 bits per heavy atom. The smallest absolute Gasteiger partial charge is 0.321 e. The van der Waals surface area contributed by atoms with Crippen LogP contribution >= 0.6 is 11.3 Å². The number of hydrogen-bond acceptors (Lipinski definition) is 5. The SMILES string of the molecule is CC(C)C(C(=O)O)N1CC(c2cccc(F)c2)[C@@H](CN2CCC(c3cnc(Cc4ccc(F)cc4)s3)CC2)C1. The molecule has 3 atom stereocenters. The van der Waals surface area contributed by atoms with Crippen LogP contribution in [0.4, 0.5) is 8.78 Å². The number of carboxylic acid groups (broad SMARTS) is 1. The zero-order valence-corrected chi connectivity index (χ0v) is 23.4. The second-order valence-electron chi connectivity index (χ2n) is 11.4. The lowest BCUT2D eigenvalue weighted by molar-refractivity contribution is -0.144. The largest absolute Gasteiger partial charge is 0.480 e. The van der Waals surface area contributed by atoms with Gasteiger partial charge in [0, 0.05) is 43.0 Å².